The van der Waals surface area contributed by atoms with Crippen molar-refractivity contribution in [2.75, 3.05) is 32.3 Å². The summed E-state index contributed by atoms with van der Waals surface area (Å²) >= 11 is 1.40. The average molecular weight is 496 g/mol. The highest BCUT2D eigenvalue weighted by atomic mass is 32.2. The molecule has 0 aliphatic carbocycles. The van der Waals surface area contributed by atoms with Gasteiger partial charge in [0, 0.05) is 23.4 Å². The molecule has 0 aliphatic heterocycles. The largest absolute Gasteiger partial charge is 0.495 e. The van der Waals surface area contributed by atoms with Gasteiger partial charge in [-0.1, -0.05) is 50.2 Å². The number of hydrogen-bond donors (Lipinski definition) is 1. The number of benzene rings is 2. The van der Waals surface area contributed by atoms with Gasteiger partial charge in [0.05, 0.1) is 24.6 Å². The van der Waals surface area contributed by atoms with Crippen molar-refractivity contribution >= 4 is 45.3 Å². The molecule has 2 aromatic heterocycles. The molecule has 1 amide bonds. The minimum absolute atomic E-state index is 0.144. The minimum Gasteiger partial charge on any atom is -0.495 e. The van der Waals surface area contributed by atoms with Crippen LogP contribution in [-0.4, -0.2) is 52.5 Å². The quantitative estimate of drug-likeness (QED) is 0.266. The van der Waals surface area contributed by atoms with Crippen molar-refractivity contribution in [3.8, 4) is 5.75 Å². The highest BCUT2D eigenvalue weighted by Gasteiger charge is 2.22. The maximum Gasteiger partial charge on any atom is 0.234 e. The molecular weight excluding hydrogens is 462 g/mol. The molecule has 0 saturated heterocycles. The van der Waals surface area contributed by atoms with Crippen LogP contribution in [0.4, 0.5) is 5.69 Å². The van der Waals surface area contributed by atoms with Crippen LogP contribution in [-0.2, 0) is 11.3 Å². The van der Waals surface area contributed by atoms with E-state index in [2.05, 4.69) is 52.9 Å². The molecule has 35 heavy (non-hydrogen) atoms. The molecule has 186 valence electrons. The van der Waals surface area contributed by atoms with Gasteiger partial charge < -0.3 is 19.0 Å². The summed E-state index contributed by atoms with van der Waals surface area (Å²) in [7, 11) is 5.71. The number of nitrogens with one attached hydrogen (secondary N) is 1. The number of carbonyl (C=O) groups excluding carboxylic acids is 1. The second-order valence-corrected chi connectivity index (χ2v) is 9.66. The summed E-state index contributed by atoms with van der Waals surface area (Å²) in [5, 5.41) is 14.6. The van der Waals surface area contributed by atoms with Gasteiger partial charge in [-0.05, 0) is 39.1 Å². The molecule has 2 aromatic carbocycles. The average Bonchev–Trinajstić information content (AvgIpc) is 3.41. The summed E-state index contributed by atoms with van der Waals surface area (Å²) in [5.74, 6) is 1.61. The monoisotopic (exact) mass is 495 g/mol. The second kappa shape index (κ2) is 11.1. The van der Waals surface area contributed by atoms with Gasteiger partial charge in [-0.15, -0.1) is 10.2 Å². The number of unbranched alkanes of at least 4 members (excludes halogenated alkanes) is 1. The van der Waals surface area contributed by atoms with E-state index >= 15 is 0 Å². The highest BCUT2D eigenvalue weighted by Crippen LogP contribution is 2.36. The number of furan rings is 1. The van der Waals surface area contributed by atoms with Crippen LogP contribution in [0.25, 0.3) is 21.9 Å². The molecule has 4 rings (SSSR count). The van der Waals surface area contributed by atoms with Crippen molar-refractivity contribution in [1.82, 2.24) is 19.7 Å². The number of thioether (sulfide) groups is 1. The Hall–Kier alpha value is -3.04. The Morgan fingerprint density at radius 1 is 1.17 bits per heavy atom. The molecule has 0 radical (unpaired) electrons. The van der Waals surface area contributed by atoms with E-state index in [0.29, 0.717) is 17.0 Å². The third-order valence-corrected chi connectivity index (χ3v) is 7.06. The first-order valence-electron chi connectivity index (χ1n) is 12.0. The zero-order valence-electron chi connectivity index (χ0n) is 21.0. The molecule has 2 heterocycles. The maximum absolute atomic E-state index is 12.9. The summed E-state index contributed by atoms with van der Waals surface area (Å²) < 4.78 is 13.7. The second-order valence-electron chi connectivity index (χ2n) is 8.72. The standard InChI is InChI=1S/C26H33N5O3S/c1-6-8-13-31-25(20(7-2)30(3)4)28-29-26(31)35-16-24(32)27-19-15-22-18(14-23(19)33-5)17-11-9-10-12-21(17)34-22/h9-12,14-15,20H,6-8,13,16H2,1-5H3,(H,27,32). The van der Waals surface area contributed by atoms with E-state index in [4.69, 9.17) is 9.15 Å². The van der Waals surface area contributed by atoms with Gasteiger partial charge in [-0.3, -0.25) is 9.69 Å². The molecule has 9 heteroatoms. The Labute approximate surface area is 210 Å². The number of ether oxygens (including phenoxy) is 1. The first-order valence-corrected chi connectivity index (χ1v) is 13.0. The van der Waals surface area contributed by atoms with E-state index in [-0.39, 0.29) is 17.7 Å². The fourth-order valence-corrected chi connectivity index (χ4v) is 5.06. The number of para-hydroxylation sites is 1. The van der Waals surface area contributed by atoms with E-state index in [0.717, 1.165) is 53.1 Å². The topological polar surface area (TPSA) is 85.4 Å². The molecule has 0 fully saturated rings. The molecule has 0 bridgehead atoms. The SMILES string of the molecule is CCCCn1c(SCC(=O)Nc2cc3oc4ccccc4c3cc2OC)nnc1C(CC)N(C)C. The number of amides is 1. The lowest BCUT2D eigenvalue weighted by Crippen LogP contribution is -2.23. The predicted molar refractivity (Wildman–Crippen MR) is 141 cm³/mol. The van der Waals surface area contributed by atoms with Crippen molar-refractivity contribution < 1.29 is 13.9 Å². The number of anilines is 1. The fourth-order valence-electron chi connectivity index (χ4n) is 4.29. The number of fused-ring (bicyclic) bond motifs is 3. The number of hydrogen-bond acceptors (Lipinski definition) is 7. The molecule has 1 unspecified atom stereocenters. The van der Waals surface area contributed by atoms with E-state index < -0.39 is 0 Å². The van der Waals surface area contributed by atoms with Crippen LogP contribution in [0.1, 0.15) is 45.0 Å². The van der Waals surface area contributed by atoms with Gasteiger partial charge in [-0.25, -0.2) is 0 Å². The molecular formula is C26H33N5O3S. The van der Waals surface area contributed by atoms with Crippen LogP contribution in [0.2, 0.25) is 0 Å². The van der Waals surface area contributed by atoms with Crippen LogP contribution < -0.4 is 10.1 Å². The van der Waals surface area contributed by atoms with E-state index in [9.17, 15) is 4.79 Å². The lowest BCUT2D eigenvalue weighted by molar-refractivity contribution is -0.113. The number of methoxy groups -OCH3 is 1. The van der Waals surface area contributed by atoms with Crippen molar-refractivity contribution in [1.29, 1.82) is 0 Å². The Bertz CT molecular complexity index is 1310. The molecule has 0 spiro atoms. The normalized spacial score (nSPS) is 12.5. The molecule has 8 nitrogen and oxygen atoms in total. The molecule has 1 atom stereocenters. The van der Waals surface area contributed by atoms with Gasteiger partial charge >= 0.3 is 0 Å². The van der Waals surface area contributed by atoms with Crippen LogP contribution in [0, 0.1) is 0 Å². The van der Waals surface area contributed by atoms with Crippen LogP contribution in [0.3, 0.4) is 0 Å². The van der Waals surface area contributed by atoms with Crippen molar-refractivity contribution in [2.45, 2.75) is 50.9 Å². The summed E-state index contributed by atoms with van der Waals surface area (Å²) in [6.07, 6.45) is 3.04. The third kappa shape index (κ3) is 5.31. The first kappa shape index (κ1) is 25.1. The van der Waals surface area contributed by atoms with Gasteiger partial charge in [0.1, 0.15) is 16.9 Å². The van der Waals surface area contributed by atoms with Crippen molar-refractivity contribution in [2.24, 2.45) is 0 Å². The Balaban J connectivity index is 1.52. The van der Waals surface area contributed by atoms with E-state index in [1.54, 1.807) is 7.11 Å². The highest BCUT2D eigenvalue weighted by molar-refractivity contribution is 7.99. The van der Waals surface area contributed by atoms with Crippen LogP contribution in [0.15, 0.2) is 46.0 Å². The lowest BCUT2D eigenvalue weighted by Gasteiger charge is -2.23. The zero-order chi connectivity index (χ0) is 24.9. The van der Waals surface area contributed by atoms with E-state index in [1.807, 2.05) is 36.4 Å². The third-order valence-electron chi connectivity index (χ3n) is 6.09. The molecule has 1 N–H and O–H groups in total. The zero-order valence-corrected chi connectivity index (χ0v) is 21.8. The number of rotatable bonds is 11. The molecule has 0 aliphatic rings. The van der Waals surface area contributed by atoms with Crippen LogP contribution in [0.5, 0.6) is 5.75 Å². The summed E-state index contributed by atoms with van der Waals surface area (Å²) in [6, 6.07) is 11.8. The molecule has 0 saturated carbocycles. The first-order chi connectivity index (χ1) is 17.0. The van der Waals surface area contributed by atoms with Gasteiger partial charge in [0.15, 0.2) is 11.0 Å². The number of carbonyl (C=O) groups is 1. The molecule has 4 aromatic rings. The Kier molecular flexibility index (Phi) is 7.97. The smallest absolute Gasteiger partial charge is 0.234 e. The predicted octanol–water partition coefficient (Wildman–Crippen LogP) is 5.73. The van der Waals surface area contributed by atoms with Gasteiger partial charge in [0.25, 0.3) is 0 Å². The summed E-state index contributed by atoms with van der Waals surface area (Å²) in [4.78, 5) is 15.1. The fraction of sp³-hybridized carbons (Fsp3) is 0.423. The number of aromatic nitrogens is 3. The summed E-state index contributed by atoms with van der Waals surface area (Å²) in [6.45, 7) is 5.15. The minimum atomic E-state index is -0.144. The van der Waals surface area contributed by atoms with Gasteiger partial charge in [0.2, 0.25) is 5.91 Å². The van der Waals surface area contributed by atoms with Crippen LogP contribution >= 0.6 is 11.8 Å². The van der Waals surface area contributed by atoms with Gasteiger partial charge in [-0.2, -0.15) is 0 Å². The lowest BCUT2D eigenvalue weighted by atomic mass is 10.1. The Morgan fingerprint density at radius 2 is 1.97 bits per heavy atom. The van der Waals surface area contributed by atoms with Crippen molar-refractivity contribution in [3.05, 3.63) is 42.2 Å². The Morgan fingerprint density at radius 3 is 2.69 bits per heavy atom. The maximum atomic E-state index is 12.9. The van der Waals surface area contributed by atoms with Crippen molar-refractivity contribution in [3.63, 3.8) is 0 Å². The summed E-state index contributed by atoms with van der Waals surface area (Å²) in [5.41, 5.74) is 2.08. The number of nitrogens with zero attached hydrogens (tertiary/aromatic N) is 4. The van der Waals surface area contributed by atoms with E-state index in [1.165, 1.54) is 11.8 Å².